The number of nitrogens with one attached hydrogen (secondary N) is 1. The van der Waals surface area contributed by atoms with Crippen LogP contribution in [0.4, 0.5) is 4.39 Å². The molecule has 0 fully saturated rings. The van der Waals surface area contributed by atoms with Gasteiger partial charge in [-0.25, -0.2) is 9.22 Å². The minimum atomic E-state index is -3.76. The second-order valence-corrected chi connectivity index (χ2v) is 6.27. The molecule has 0 aromatic heterocycles. The van der Waals surface area contributed by atoms with E-state index in [1.165, 1.54) is 18.2 Å². The zero-order valence-corrected chi connectivity index (χ0v) is 12.5. The quantitative estimate of drug-likeness (QED) is 0.697. The zero-order valence-electron chi connectivity index (χ0n) is 11.7. The standard InChI is InChI=1S/C15H15FN2O2S/c1-11-7-8-15(12(2)9-11)21(19,20)18-17-10-13-5-3-4-6-14(13)16/h3-10,18H,1-2H3/b17-10+. The van der Waals surface area contributed by atoms with Crippen LogP contribution < -0.4 is 4.83 Å². The molecule has 0 heterocycles. The van der Waals surface area contributed by atoms with Gasteiger partial charge in [0, 0.05) is 5.56 Å². The van der Waals surface area contributed by atoms with Crippen molar-refractivity contribution < 1.29 is 12.8 Å². The summed E-state index contributed by atoms with van der Waals surface area (Å²) in [6.07, 6.45) is 1.14. The van der Waals surface area contributed by atoms with E-state index in [2.05, 4.69) is 9.93 Å². The van der Waals surface area contributed by atoms with Crippen LogP contribution in [-0.2, 0) is 10.0 Å². The molecule has 0 saturated carbocycles. The minimum absolute atomic E-state index is 0.152. The first-order chi connectivity index (χ1) is 9.90. The highest BCUT2D eigenvalue weighted by Gasteiger charge is 2.15. The number of hydrogen-bond donors (Lipinski definition) is 1. The van der Waals surface area contributed by atoms with Crippen LogP contribution in [-0.4, -0.2) is 14.6 Å². The number of halogens is 1. The van der Waals surface area contributed by atoms with Crippen LogP contribution in [0, 0.1) is 19.7 Å². The number of nitrogens with zero attached hydrogens (tertiary/aromatic N) is 1. The van der Waals surface area contributed by atoms with Gasteiger partial charge < -0.3 is 0 Å². The Bertz CT molecular complexity index is 786. The molecule has 2 aromatic carbocycles. The smallest absolute Gasteiger partial charge is 0.206 e. The molecule has 0 aliphatic rings. The summed E-state index contributed by atoms with van der Waals surface area (Å²) in [4.78, 5) is 2.24. The molecule has 4 nitrogen and oxygen atoms in total. The largest absolute Gasteiger partial charge is 0.276 e. The highest BCUT2D eigenvalue weighted by Crippen LogP contribution is 2.16. The highest BCUT2D eigenvalue weighted by molar-refractivity contribution is 7.89. The summed E-state index contributed by atoms with van der Waals surface area (Å²) >= 11 is 0. The second kappa shape index (κ2) is 6.05. The summed E-state index contributed by atoms with van der Waals surface area (Å²) in [5, 5.41) is 3.61. The van der Waals surface area contributed by atoms with E-state index in [4.69, 9.17) is 0 Å². The lowest BCUT2D eigenvalue weighted by atomic mass is 10.2. The maximum Gasteiger partial charge on any atom is 0.276 e. The molecule has 6 heteroatoms. The summed E-state index contributed by atoms with van der Waals surface area (Å²) in [5.74, 6) is -0.466. The Labute approximate surface area is 123 Å². The Morgan fingerprint density at radius 3 is 2.52 bits per heavy atom. The summed E-state index contributed by atoms with van der Waals surface area (Å²) in [6.45, 7) is 3.59. The van der Waals surface area contributed by atoms with Crippen molar-refractivity contribution in [3.8, 4) is 0 Å². The Kier molecular flexibility index (Phi) is 4.37. The van der Waals surface area contributed by atoms with E-state index < -0.39 is 15.8 Å². The van der Waals surface area contributed by atoms with Crippen LogP contribution in [0.3, 0.4) is 0 Å². The van der Waals surface area contributed by atoms with E-state index in [1.807, 2.05) is 6.92 Å². The van der Waals surface area contributed by atoms with Gasteiger partial charge in [0.25, 0.3) is 10.0 Å². The lowest BCUT2D eigenvalue weighted by Gasteiger charge is -2.07. The number of sulfonamides is 1. The van der Waals surface area contributed by atoms with Crippen molar-refractivity contribution in [2.45, 2.75) is 18.7 Å². The van der Waals surface area contributed by atoms with Crippen LogP contribution in [0.1, 0.15) is 16.7 Å². The summed E-state index contributed by atoms with van der Waals surface area (Å²) < 4.78 is 37.6. The molecule has 2 aromatic rings. The SMILES string of the molecule is Cc1ccc(S(=O)(=O)N/N=C/c2ccccc2F)c(C)c1. The number of rotatable bonds is 4. The third kappa shape index (κ3) is 3.66. The highest BCUT2D eigenvalue weighted by atomic mass is 32.2. The lowest BCUT2D eigenvalue weighted by Crippen LogP contribution is -2.19. The molecular formula is C15H15FN2O2S. The average molecular weight is 306 g/mol. The topological polar surface area (TPSA) is 58.5 Å². The summed E-state index contributed by atoms with van der Waals surface area (Å²) in [7, 11) is -3.76. The molecule has 0 radical (unpaired) electrons. The van der Waals surface area contributed by atoms with Gasteiger partial charge in [0.05, 0.1) is 11.1 Å². The molecule has 2 rings (SSSR count). The molecule has 0 aliphatic heterocycles. The van der Waals surface area contributed by atoms with Gasteiger partial charge in [-0.2, -0.15) is 13.5 Å². The second-order valence-electron chi connectivity index (χ2n) is 4.64. The molecule has 1 N–H and O–H groups in total. The molecular weight excluding hydrogens is 291 g/mol. The first kappa shape index (κ1) is 15.2. The van der Waals surface area contributed by atoms with Gasteiger partial charge >= 0.3 is 0 Å². The Balaban J connectivity index is 2.21. The first-order valence-electron chi connectivity index (χ1n) is 6.27. The first-order valence-corrected chi connectivity index (χ1v) is 7.75. The molecule has 0 aliphatic carbocycles. The monoisotopic (exact) mass is 306 g/mol. The van der Waals surface area contributed by atoms with Crippen molar-refractivity contribution in [2.75, 3.05) is 0 Å². The fraction of sp³-hybridized carbons (Fsp3) is 0.133. The third-order valence-electron chi connectivity index (χ3n) is 2.90. The maximum atomic E-state index is 13.4. The van der Waals surface area contributed by atoms with Crippen molar-refractivity contribution in [1.82, 2.24) is 4.83 Å². The van der Waals surface area contributed by atoms with Crippen molar-refractivity contribution in [1.29, 1.82) is 0 Å². The number of hydrazone groups is 1. The van der Waals surface area contributed by atoms with E-state index >= 15 is 0 Å². The predicted molar refractivity (Wildman–Crippen MR) is 80.2 cm³/mol. The minimum Gasteiger partial charge on any atom is -0.206 e. The molecule has 0 spiro atoms. The lowest BCUT2D eigenvalue weighted by molar-refractivity contribution is 0.584. The van der Waals surface area contributed by atoms with Gasteiger partial charge in [-0.05, 0) is 31.5 Å². The molecule has 0 amide bonds. The van der Waals surface area contributed by atoms with Crippen LogP contribution >= 0.6 is 0 Å². The molecule has 21 heavy (non-hydrogen) atoms. The van der Waals surface area contributed by atoms with E-state index in [0.29, 0.717) is 5.56 Å². The number of benzene rings is 2. The van der Waals surface area contributed by atoms with Gasteiger partial charge in [-0.15, -0.1) is 0 Å². The molecule has 110 valence electrons. The summed E-state index contributed by atoms with van der Waals surface area (Å²) in [5.41, 5.74) is 1.81. The van der Waals surface area contributed by atoms with Crippen LogP contribution in [0.15, 0.2) is 52.5 Å². The zero-order chi connectivity index (χ0) is 15.5. The van der Waals surface area contributed by atoms with Crippen molar-refractivity contribution >= 4 is 16.2 Å². The third-order valence-corrected chi connectivity index (χ3v) is 4.28. The van der Waals surface area contributed by atoms with Crippen molar-refractivity contribution in [3.05, 3.63) is 65.0 Å². The predicted octanol–water partition coefficient (Wildman–Crippen LogP) is 2.75. The number of hydrogen-bond acceptors (Lipinski definition) is 3. The van der Waals surface area contributed by atoms with Gasteiger partial charge in [0.1, 0.15) is 5.82 Å². The van der Waals surface area contributed by atoms with Crippen molar-refractivity contribution in [2.24, 2.45) is 5.10 Å². The van der Waals surface area contributed by atoms with Crippen LogP contribution in [0.5, 0.6) is 0 Å². The van der Waals surface area contributed by atoms with Gasteiger partial charge in [0.15, 0.2) is 0 Å². The number of aryl methyl sites for hydroxylation is 2. The van der Waals surface area contributed by atoms with Gasteiger partial charge in [-0.1, -0.05) is 35.9 Å². The van der Waals surface area contributed by atoms with E-state index in [0.717, 1.165) is 11.8 Å². The fourth-order valence-corrected chi connectivity index (χ4v) is 2.91. The fourth-order valence-electron chi connectivity index (χ4n) is 1.90. The summed E-state index contributed by atoms with van der Waals surface area (Å²) in [6, 6.07) is 11.0. The van der Waals surface area contributed by atoms with E-state index in [1.54, 1.807) is 31.2 Å². The normalized spacial score (nSPS) is 11.8. The van der Waals surface area contributed by atoms with Gasteiger partial charge in [-0.3, -0.25) is 0 Å². The van der Waals surface area contributed by atoms with Crippen LogP contribution in [0.2, 0.25) is 0 Å². The Morgan fingerprint density at radius 2 is 1.86 bits per heavy atom. The van der Waals surface area contributed by atoms with Gasteiger partial charge in [0.2, 0.25) is 0 Å². The van der Waals surface area contributed by atoms with E-state index in [-0.39, 0.29) is 10.5 Å². The molecule has 0 unspecified atom stereocenters. The van der Waals surface area contributed by atoms with E-state index in [9.17, 15) is 12.8 Å². The Morgan fingerprint density at radius 1 is 1.14 bits per heavy atom. The molecule has 0 bridgehead atoms. The maximum absolute atomic E-state index is 13.4. The van der Waals surface area contributed by atoms with Crippen molar-refractivity contribution in [3.63, 3.8) is 0 Å². The van der Waals surface area contributed by atoms with Crippen LogP contribution in [0.25, 0.3) is 0 Å². The molecule has 0 saturated heterocycles. The Hall–Kier alpha value is -2.21. The molecule has 0 atom stereocenters. The average Bonchev–Trinajstić information content (AvgIpc) is 2.40.